The van der Waals surface area contributed by atoms with Crippen LogP contribution in [0.2, 0.25) is 0 Å². The van der Waals surface area contributed by atoms with E-state index in [1.54, 1.807) is 19.2 Å². The minimum absolute atomic E-state index is 0. The summed E-state index contributed by atoms with van der Waals surface area (Å²) in [6.07, 6.45) is 0. The van der Waals surface area contributed by atoms with E-state index in [-0.39, 0.29) is 39.7 Å². The predicted octanol–water partition coefficient (Wildman–Crippen LogP) is 9.89. The number of hydrogen-bond acceptors (Lipinski definition) is 0. The van der Waals surface area contributed by atoms with Gasteiger partial charge in [-0.3, -0.25) is 0 Å². The zero-order valence-electron chi connectivity index (χ0n) is 21.6. The Morgan fingerprint density at radius 1 is 0.657 bits per heavy atom. The molecule has 0 heterocycles. The van der Waals surface area contributed by atoms with Gasteiger partial charge in [-0.05, 0) is 11.5 Å². The second kappa shape index (κ2) is 17.0. The Kier molecular flexibility index (Phi) is 17.2. The Balaban J connectivity index is 0. The molecule has 0 aliphatic carbocycles. The van der Waals surface area contributed by atoms with E-state index >= 15 is 0 Å². The van der Waals surface area contributed by atoms with Crippen LogP contribution in [0.3, 0.4) is 0 Å². The van der Waals surface area contributed by atoms with Gasteiger partial charge in [-0.25, -0.2) is 0 Å². The summed E-state index contributed by atoms with van der Waals surface area (Å²) in [5.41, 5.74) is 6.77. The molecular formula is C31H36Cl2SiTi-4. The fourth-order valence-electron chi connectivity index (χ4n) is 4.17. The summed E-state index contributed by atoms with van der Waals surface area (Å²) < 4.78 is 0. The number of halogens is 2. The number of fused-ring (bicyclic) bond motifs is 2. The van der Waals surface area contributed by atoms with Crippen LogP contribution in [0, 0.1) is 28.7 Å². The average molecular weight is 555 g/mol. The van der Waals surface area contributed by atoms with Gasteiger partial charge in [-0.15, -0.1) is 93.9 Å². The molecule has 0 atom stereocenters. The zero-order valence-corrected chi connectivity index (χ0v) is 25.7. The van der Waals surface area contributed by atoms with Crippen LogP contribution < -0.4 is 0 Å². The Bertz CT molecular complexity index is 1270. The van der Waals surface area contributed by atoms with Gasteiger partial charge in [0.2, 0.25) is 0 Å². The first-order valence-electron chi connectivity index (χ1n) is 10.7. The molecule has 0 saturated carbocycles. The molecule has 0 bridgehead atoms. The van der Waals surface area contributed by atoms with Gasteiger partial charge in [0.1, 0.15) is 0 Å². The van der Waals surface area contributed by atoms with Gasteiger partial charge in [0.05, 0.1) is 0 Å². The van der Waals surface area contributed by atoms with Gasteiger partial charge in [0, 0.05) is 0 Å². The van der Waals surface area contributed by atoms with Crippen LogP contribution in [-0.4, -0.2) is 7.63 Å². The summed E-state index contributed by atoms with van der Waals surface area (Å²) in [5.74, 6) is 0.616. The van der Waals surface area contributed by atoms with E-state index < -0.39 is 0 Å². The molecule has 0 amide bonds. The van der Waals surface area contributed by atoms with Gasteiger partial charge in [-0.1, -0.05) is 81.3 Å². The van der Waals surface area contributed by atoms with Crippen LogP contribution in [0.15, 0.2) is 91.0 Å². The third-order valence-electron chi connectivity index (χ3n) is 5.53. The quantitative estimate of drug-likeness (QED) is 0.150. The van der Waals surface area contributed by atoms with Crippen molar-refractivity contribution in [2.24, 2.45) is 0 Å². The first-order valence-corrected chi connectivity index (χ1v) is 13.5. The van der Waals surface area contributed by atoms with Crippen LogP contribution in [-0.2, 0) is 19.2 Å². The van der Waals surface area contributed by atoms with E-state index in [4.69, 9.17) is 0 Å². The van der Waals surface area contributed by atoms with Crippen LogP contribution in [0.5, 0.6) is 0 Å². The maximum absolute atomic E-state index is 2.97. The molecule has 2 radical (unpaired) electrons. The fraction of sp³-hybridized carbons (Fsp3) is 0.161. The number of hydrogen-bond donors (Lipinski definition) is 0. The molecule has 0 fully saturated rings. The molecule has 0 saturated heterocycles. The third kappa shape index (κ3) is 8.77. The molecule has 0 aliphatic heterocycles. The Hall–Kier alpha value is -1.61. The van der Waals surface area contributed by atoms with Crippen molar-refractivity contribution in [3.63, 3.8) is 0 Å². The summed E-state index contributed by atoms with van der Waals surface area (Å²) in [7, 11) is 2.97. The van der Waals surface area contributed by atoms with E-state index in [9.17, 15) is 0 Å². The zero-order chi connectivity index (χ0) is 22.4. The van der Waals surface area contributed by atoms with Crippen LogP contribution in [0.4, 0.5) is 0 Å². The van der Waals surface area contributed by atoms with Crippen molar-refractivity contribution in [2.45, 2.75) is 33.6 Å². The van der Waals surface area contributed by atoms with Gasteiger partial charge in [-0.2, -0.15) is 12.1 Å². The van der Waals surface area contributed by atoms with Crippen LogP contribution in [0.1, 0.15) is 36.5 Å². The Morgan fingerprint density at radius 3 is 1.69 bits per heavy atom. The molecule has 5 aromatic carbocycles. The molecule has 5 aromatic rings. The molecule has 35 heavy (non-hydrogen) atoms. The molecule has 0 nitrogen and oxygen atoms in total. The molecule has 0 aliphatic rings. The maximum atomic E-state index is 2.97. The van der Waals surface area contributed by atoms with Gasteiger partial charge in [0.25, 0.3) is 0 Å². The molecule has 4 heteroatoms. The first-order chi connectivity index (χ1) is 15.0. The standard InChI is InChI=1S/C16H13.C13H15.2CH3.2ClH.Si.Ti/c1-12-10-14-8-5-9-15(16(14)11-12)13-6-3-2-4-7-13;1-9(2)12-6-4-5-11-7-10(3)8-13(11)12;;;;;;/h2-11H,1H3;4-9H,1-3H3;2*1H3;2*1H;;/q4*-1;;;;. The van der Waals surface area contributed by atoms with Crippen LogP contribution >= 0.6 is 24.8 Å². The number of rotatable bonds is 2. The Labute approximate surface area is 239 Å². The Morgan fingerprint density at radius 2 is 1.14 bits per heavy atom. The molecule has 0 N–H and O–H groups in total. The molecule has 5 rings (SSSR count). The van der Waals surface area contributed by atoms with E-state index in [0.29, 0.717) is 5.92 Å². The van der Waals surface area contributed by atoms with E-state index in [1.807, 2.05) is 0 Å². The minimum atomic E-state index is 0. The normalized spacial score (nSPS) is 9.26. The van der Waals surface area contributed by atoms with Crippen molar-refractivity contribution in [2.75, 3.05) is 0 Å². The summed E-state index contributed by atoms with van der Waals surface area (Å²) >= 11 is 1.81. The second-order valence-electron chi connectivity index (χ2n) is 8.24. The van der Waals surface area contributed by atoms with Gasteiger partial charge >= 0.3 is 26.8 Å². The topological polar surface area (TPSA) is 0 Å². The van der Waals surface area contributed by atoms with Crippen molar-refractivity contribution >= 4 is 54.0 Å². The third-order valence-corrected chi connectivity index (χ3v) is 5.53. The second-order valence-corrected chi connectivity index (χ2v) is 8.24. The van der Waals surface area contributed by atoms with Crippen molar-refractivity contribution < 1.29 is 19.2 Å². The van der Waals surface area contributed by atoms with Gasteiger partial charge in [0.15, 0.2) is 0 Å². The van der Waals surface area contributed by atoms with E-state index in [1.165, 1.54) is 49.4 Å². The SMILES string of the molecule is Cc1cc2c(-c3ccccc3)cccc2[cH-]1.Cc1cc2c(C(C)C)cccc2[cH-]1.Cl.Cl.[CH3-].[CH3-].[Si]=[Ti]. The fourth-order valence-corrected chi connectivity index (χ4v) is 4.17. The summed E-state index contributed by atoms with van der Waals surface area (Å²) in [5, 5.41) is 5.49. The molecule has 0 aromatic heterocycles. The molecule has 0 unspecified atom stereocenters. The van der Waals surface area contributed by atoms with Crippen molar-refractivity contribution in [3.05, 3.63) is 123 Å². The molecule has 0 spiro atoms. The van der Waals surface area contributed by atoms with E-state index in [0.717, 1.165) is 0 Å². The van der Waals surface area contributed by atoms with Crippen molar-refractivity contribution in [1.29, 1.82) is 0 Å². The van der Waals surface area contributed by atoms with Crippen LogP contribution in [0.25, 0.3) is 32.7 Å². The molecular weight excluding hydrogens is 519 g/mol. The van der Waals surface area contributed by atoms with Gasteiger partial charge < -0.3 is 14.9 Å². The number of aryl methyl sites for hydroxylation is 2. The van der Waals surface area contributed by atoms with E-state index in [2.05, 4.69) is 126 Å². The number of benzene rings is 3. The summed E-state index contributed by atoms with van der Waals surface area (Å²) in [4.78, 5) is 0. The first kappa shape index (κ1) is 35.6. The molecule has 186 valence electrons. The van der Waals surface area contributed by atoms with Crippen molar-refractivity contribution in [3.8, 4) is 11.1 Å². The van der Waals surface area contributed by atoms with Crippen molar-refractivity contribution in [1.82, 2.24) is 0 Å². The monoisotopic (exact) mass is 554 g/mol. The summed E-state index contributed by atoms with van der Waals surface area (Å²) in [6, 6.07) is 32.7. The predicted molar refractivity (Wildman–Crippen MR) is 161 cm³/mol. The average Bonchev–Trinajstić information content (AvgIpc) is 3.36. The summed E-state index contributed by atoms with van der Waals surface area (Å²) in [6.45, 7) is 8.80.